The number of ketones is 1. The third kappa shape index (κ3) is 4.79. The second kappa shape index (κ2) is 8.27. The van der Waals surface area contributed by atoms with Crippen LogP contribution >= 0.6 is 0 Å². The van der Waals surface area contributed by atoms with Crippen LogP contribution in [0.4, 0.5) is 4.79 Å². The lowest BCUT2D eigenvalue weighted by Gasteiger charge is -2.12. The van der Waals surface area contributed by atoms with Crippen molar-refractivity contribution in [3.63, 3.8) is 0 Å². The van der Waals surface area contributed by atoms with Crippen molar-refractivity contribution in [3.05, 3.63) is 29.3 Å². The number of rotatable bonds is 8. The van der Waals surface area contributed by atoms with E-state index in [1.807, 2.05) is 0 Å². The van der Waals surface area contributed by atoms with Gasteiger partial charge in [0, 0.05) is 24.1 Å². The third-order valence-corrected chi connectivity index (χ3v) is 3.78. The Kier molecular flexibility index (Phi) is 6.10. The molecule has 0 radical (unpaired) electrons. The Morgan fingerprint density at radius 3 is 2.64 bits per heavy atom. The van der Waals surface area contributed by atoms with Gasteiger partial charge < -0.3 is 14.8 Å². The lowest BCUT2D eigenvalue weighted by Crippen LogP contribution is -2.32. The molecule has 0 aliphatic carbocycles. The number of nitrogens with zero attached hydrogens (tertiary/aromatic N) is 1. The number of nitrogens with one attached hydrogen (secondary N) is 1. The summed E-state index contributed by atoms with van der Waals surface area (Å²) in [5.41, 5.74) is 1.10. The van der Waals surface area contributed by atoms with Crippen molar-refractivity contribution in [2.45, 2.75) is 26.4 Å². The molecular formula is C17H20N2O6. The zero-order chi connectivity index (χ0) is 18.4. The molecule has 1 aliphatic heterocycles. The molecule has 25 heavy (non-hydrogen) atoms. The first-order valence-corrected chi connectivity index (χ1v) is 7.84. The molecule has 8 nitrogen and oxygen atoms in total. The molecule has 1 aromatic rings. The van der Waals surface area contributed by atoms with Gasteiger partial charge in [-0.2, -0.15) is 0 Å². The summed E-state index contributed by atoms with van der Waals surface area (Å²) in [6.45, 7) is 1.60. The Morgan fingerprint density at radius 2 is 2.04 bits per heavy atom. The van der Waals surface area contributed by atoms with Crippen LogP contribution in [0, 0.1) is 0 Å². The molecule has 0 unspecified atom stereocenters. The van der Waals surface area contributed by atoms with Crippen molar-refractivity contribution in [1.29, 1.82) is 0 Å². The lowest BCUT2D eigenvalue weighted by atomic mass is 10.1. The Morgan fingerprint density at radius 1 is 1.28 bits per heavy atom. The molecule has 134 valence electrons. The Bertz CT molecular complexity index is 684. The van der Waals surface area contributed by atoms with Crippen molar-refractivity contribution in [3.8, 4) is 5.75 Å². The highest BCUT2D eigenvalue weighted by molar-refractivity contribution is 6.01. The average molecular weight is 348 g/mol. The second-order valence-electron chi connectivity index (χ2n) is 5.55. The summed E-state index contributed by atoms with van der Waals surface area (Å²) >= 11 is 0. The van der Waals surface area contributed by atoms with E-state index in [-0.39, 0.29) is 37.8 Å². The van der Waals surface area contributed by atoms with Crippen LogP contribution in [0.15, 0.2) is 18.2 Å². The minimum Gasteiger partial charge on any atom is -0.496 e. The van der Waals surface area contributed by atoms with Crippen LogP contribution in [0.5, 0.6) is 5.75 Å². The maximum Gasteiger partial charge on any atom is 0.324 e. The highest BCUT2D eigenvalue weighted by Gasteiger charge is 2.27. The van der Waals surface area contributed by atoms with Crippen LogP contribution in [0.3, 0.4) is 0 Å². The van der Waals surface area contributed by atoms with Crippen molar-refractivity contribution in [2.75, 3.05) is 20.2 Å². The van der Waals surface area contributed by atoms with Gasteiger partial charge in [-0.1, -0.05) is 0 Å². The predicted molar refractivity (Wildman–Crippen MR) is 87.1 cm³/mol. The average Bonchev–Trinajstić information content (AvgIpc) is 2.91. The molecule has 0 saturated carbocycles. The Hall–Kier alpha value is -2.90. The first-order valence-electron chi connectivity index (χ1n) is 7.84. The fourth-order valence-corrected chi connectivity index (χ4v) is 2.40. The summed E-state index contributed by atoms with van der Waals surface area (Å²) in [5, 5.41) is 2.41. The number of carbonyl (C=O) groups excluding carboxylic acids is 4. The number of carbonyl (C=O) groups is 4. The van der Waals surface area contributed by atoms with Crippen LogP contribution in [-0.2, 0) is 20.9 Å². The van der Waals surface area contributed by atoms with Gasteiger partial charge in [-0.3, -0.25) is 19.3 Å². The first-order chi connectivity index (χ1) is 11.9. The number of hydrogen-bond donors (Lipinski definition) is 1. The fraction of sp³-hybridized carbons (Fsp3) is 0.412. The molecule has 1 aliphatic rings. The van der Waals surface area contributed by atoms with Gasteiger partial charge in [-0.25, -0.2) is 4.79 Å². The molecule has 3 amide bonds. The monoisotopic (exact) mass is 348 g/mol. The van der Waals surface area contributed by atoms with Crippen LogP contribution in [0.25, 0.3) is 0 Å². The molecule has 0 aromatic heterocycles. The van der Waals surface area contributed by atoms with Gasteiger partial charge in [0.2, 0.25) is 5.91 Å². The minimum absolute atomic E-state index is 0.00440. The van der Waals surface area contributed by atoms with E-state index in [9.17, 15) is 19.2 Å². The number of benzene rings is 1. The standard InChI is InChI=1S/C17H20N2O6/c1-11(20)12-5-6-14(24-2)13(8-12)10-25-16(22)4-3-7-19-15(21)9-18-17(19)23/h5-6,8H,3-4,7,9-10H2,1-2H3,(H,18,23). The van der Waals surface area contributed by atoms with Crippen molar-refractivity contribution in [1.82, 2.24) is 10.2 Å². The van der Waals surface area contributed by atoms with Crippen LogP contribution in [0.1, 0.15) is 35.7 Å². The number of esters is 1. The van der Waals surface area contributed by atoms with E-state index in [1.165, 1.54) is 14.0 Å². The SMILES string of the molecule is COc1ccc(C(C)=O)cc1COC(=O)CCCN1C(=O)CNC1=O. The molecule has 1 fully saturated rings. The highest BCUT2D eigenvalue weighted by atomic mass is 16.5. The molecule has 1 saturated heterocycles. The van der Waals surface area contributed by atoms with Crippen molar-refractivity contribution >= 4 is 23.7 Å². The zero-order valence-electron chi connectivity index (χ0n) is 14.2. The van der Waals surface area contributed by atoms with E-state index in [4.69, 9.17) is 9.47 Å². The van der Waals surface area contributed by atoms with E-state index in [1.54, 1.807) is 18.2 Å². The topological polar surface area (TPSA) is 102 Å². The van der Waals surface area contributed by atoms with Gasteiger partial charge in [0.1, 0.15) is 12.4 Å². The van der Waals surface area contributed by atoms with Crippen LogP contribution in [-0.4, -0.2) is 48.8 Å². The Labute approximate surface area is 145 Å². The van der Waals surface area contributed by atoms with Gasteiger partial charge in [-0.05, 0) is 31.5 Å². The number of ether oxygens (including phenoxy) is 2. The molecule has 8 heteroatoms. The van der Waals surface area contributed by atoms with E-state index in [0.29, 0.717) is 23.3 Å². The van der Waals surface area contributed by atoms with Crippen molar-refractivity contribution in [2.24, 2.45) is 0 Å². The zero-order valence-corrected chi connectivity index (χ0v) is 14.2. The minimum atomic E-state index is -0.456. The molecule has 0 atom stereocenters. The van der Waals surface area contributed by atoms with Gasteiger partial charge in [0.15, 0.2) is 5.78 Å². The summed E-state index contributed by atoms with van der Waals surface area (Å²) in [4.78, 5) is 47.1. The molecule has 0 bridgehead atoms. The highest BCUT2D eigenvalue weighted by Crippen LogP contribution is 2.21. The second-order valence-corrected chi connectivity index (χ2v) is 5.55. The molecule has 1 heterocycles. The number of methoxy groups -OCH3 is 1. The smallest absolute Gasteiger partial charge is 0.324 e. The molecule has 1 aromatic carbocycles. The lowest BCUT2D eigenvalue weighted by molar-refractivity contribution is -0.145. The fourth-order valence-electron chi connectivity index (χ4n) is 2.40. The van der Waals surface area contributed by atoms with Crippen molar-refractivity contribution < 1.29 is 28.7 Å². The van der Waals surface area contributed by atoms with Crippen LogP contribution in [0.2, 0.25) is 0 Å². The van der Waals surface area contributed by atoms with E-state index in [2.05, 4.69) is 5.32 Å². The van der Waals surface area contributed by atoms with Gasteiger partial charge in [-0.15, -0.1) is 0 Å². The molecular weight excluding hydrogens is 328 g/mol. The summed E-state index contributed by atoms with van der Waals surface area (Å²) < 4.78 is 10.4. The normalized spacial score (nSPS) is 13.6. The molecule has 1 N–H and O–H groups in total. The third-order valence-electron chi connectivity index (χ3n) is 3.78. The predicted octanol–water partition coefficient (Wildman–Crippen LogP) is 1.27. The Balaban J connectivity index is 1.83. The maximum absolute atomic E-state index is 11.8. The summed E-state index contributed by atoms with van der Waals surface area (Å²) in [6, 6.07) is 4.48. The summed E-state index contributed by atoms with van der Waals surface area (Å²) in [5.74, 6) is -0.326. The van der Waals surface area contributed by atoms with Gasteiger partial charge >= 0.3 is 12.0 Å². The number of hydrogen-bond acceptors (Lipinski definition) is 6. The number of imide groups is 1. The summed E-state index contributed by atoms with van der Waals surface area (Å²) in [6.07, 6.45) is 0.397. The number of amides is 3. The van der Waals surface area contributed by atoms with E-state index >= 15 is 0 Å². The largest absolute Gasteiger partial charge is 0.496 e. The first kappa shape index (κ1) is 18.4. The van der Waals surface area contributed by atoms with Gasteiger partial charge in [0.05, 0.1) is 13.7 Å². The quantitative estimate of drug-likeness (QED) is 0.431. The van der Waals surface area contributed by atoms with E-state index < -0.39 is 12.0 Å². The van der Waals surface area contributed by atoms with Crippen LogP contribution < -0.4 is 10.1 Å². The van der Waals surface area contributed by atoms with Gasteiger partial charge in [0.25, 0.3) is 0 Å². The summed E-state index contributed by atoms with van der Waals surface area (Å²) in [7, 11) is 1.49. The van der Waals surface area contributed by atoms with E-state index in [0.717, 1.165) is 4.90 Å². The molecule has 2 rings (SSSR count). The number of urea groups is 1. The maximum atomic E-state index is 11.8. The molecule has 0 spiro atoms. The number of Topliss-reactive ketones (excluding diaryl/α,β-unsaturated/α-hetero) is 1.